The molecule has 1 radical (unpaired) electrons. The van der Waals surface area contributed by atoms with Crippen molar-refractivity contribution in [3.05, 3.63) is 168 Å². The van der Waals surface area contributed by atoms with Gasteiger partial charge in [0.1, 0.15) is 7.14 Å². The molecule has 7 rings (SSSR count). The molecule has 4 heteroatoms. The normalized spacial score (nSPS) is 11.2. The number of nitrogens with zero attached hydrogens (tertiary/aromatic N) is 1. The fraction of sp³-hybridized carbons (Fsp3) is 0.119. The zero-order chi connectivity index (χ0) is 31.4. The number of aromatic nitrogens is 1. The molecule has 1 heterocycles. The van der Waals surface area contributed by atoms with Crippen molar-refractivity contribution in [2.45, 2.75) is 33.6 Å². The predicted molar refractivity (Wildman–Crippen MR) is 192 cm³/mol. The second-order valence-corrected chi connectivity index (χ2v) is 14.5. The fourth-order valence-electron chi connectivity index (χ4n) is 5.78. The molecule has 0 aliphatic heterocycles. The van der Waals surface area contributed by atoms with Gasteiger partial charge in [0.2, 0.25) is 0 Å². The Hall–Kier alpha value is -4.13. The minimum atomic E-state index is -2.94. The topological polar surface area (TPSA) is 30.0 Å². The van der Waals surface area contributed by atoms with E-state index in [0.717, 1.165) is 43.5 Å². The van der Waals surface area contributed by atoms with Crippen LogP contribution in [0, 0.1) is 26.0 Å². The Morgan fingerprint density at radius 2 is 1.30 bits per heavy atom. The molecule has 6 aromatic carbocycles. The minimum absolute atomic E-state index is 0. The molecule has 7 aromatic rings. The zero-order valence-electron chi connectivity index (χ0n) is 26.5. The number of hydrogen-bond donors (Lipinski definition) is 0. The number of pyridine rings is 1. The number of fused-ring (bicyclic) bond motifs is 2. The summed E-state index contributed by atoms with van der Waals surface area (Å²) in [6.07, 6.45) is 1.89. The van der Waals surface area contributed by atoms with Crippen molar-refractivity contribution >= 4 is 44.6 Å². The first-order chi connectivity index (χ1) is 21.8. The van der Waals surface area contributed by atoms with Crippen molar-refractivity contribution in [3.8, 4) is 11.3 Å². The average Bonchev–Trinajstić information content (AvgIpc) is 3.07. The molecular formula is C42H36IrNOP-2. The predicted octanol–water partition coefficient (Wildman–Crippen LogP) is 9.72. The molecule has 0 atom stereocenters. The van der Waals surface area contributed by atoms with Gasteiger partial charge in [0.15, 0.2) is 0 Å². The third-order valence-corrected chi connectivity index (χ3v) is 11.1. The van der Waals surface area contributed by atoms with E-state index in [1.54, 1.807) is 0 Å². The van der Waals surface area contributed by atoms with Gasteiger partial charge in [-0.15, -0.1) is 51.7 Å². The second-order valence-electron chi connectivity index (χ2n) is 11.8. The first kappa shape index (κ1) is 33.2. The Kier molecular flexibility index (Phi) is 10.5. The standard InChI is InChI=1S/C22H16OP.C20H20N.Ir/c23-24(20-11-3-1-4-12-20,21-13-5-2-6-14-21)22-16-15-18-9-7-8-10-19(18)17-22;1-13(2)17-6-5-16-7-8-21-20(19(16)12-17)18-10-14(3)9-15(4)11-18;/h1-15,17H;5-10,12-13H,1-4H3;/q2*-1;. The molecule has 2 nitrogen and oxygen atoms in total. The maximum Gasteiger partial charge on any atom is 0.147 e. The summed E-state index contributed by atoms with van der Waals surface area (Å²) >= 11 is 0. The van der Waals surface area contributed by atoms with Gasteiger partial charge < -0.3 is 9.55 Å². The number of rotatable bonds is 5. The van der Waals surface area contributed by atoms with Gasteiger partial charge in [-0.3, -0.25) is 0 Å². The van der Waals surface area contributed by atoms with Gasteiger partial charge in [-0.2, -0.15) is 18.2 Å². The fourth-order valence-corrected chi connectivity index (χ4v) is 8.39. The van der Waals surface area contributed by atoms with E-state index >= 15 is 0 Å². The van der Waals surface area contributed by atoms with E-state index in [1.165, 1.54) is 21.9 Å². The largest absolute Gasteiger partial charge is 0.311 e. The molecular weight excluding hydrogens is 758 g/mol. The van der Waals surface area contributed by atoms with Crippen LogP contribution in [0.25, 0.3) is 32.8 Å². The number of benzene rings is 6. The van der Waals surface area contributed by atoms with Crippen LogP contribution in [0.3, 0.4) is 0 Å². The van der Waals surface area contributed by atoms with E-state index < -0.39 is 7.14 Å². The molecule has 231 valence electrons. The Labute approximate surface area is 286 Å². The Morgan fingerprint density at radius 3 is 1.93 bits per heavy atom. The first-order valence-corrected chi connectivity index (χ1v) is 17.1. The molecule has 0 aliphatic rings. The molecule has 0 fully saturated rings. The van der Waals surface area contributed by atoms with Gasteiger partial charge in [0.25, 0.3) is 0 Å². The van der Waals surface area contributed by atoms with Gasteiger partial charge in [-0.05, 0) is 34.0 Å². The Bertz CT molecular complexity index is 2080. The van der Waals surface area contributed by atoms with Crippen LogP contribution in [0.1, 0.15) is 36.5 Å². The summed E-state index contributed by atoms with van der Waals surface area (Å²) in [6, 6.07) is 51.2. The van der Waals surface area contributed by atoms with E-state index in [0.29, 0.717) is 5.92 Å². The summed E-state index contributed by atoms with van der Waals surface area (Å²) in [4.78, 5) is 4.63. The average molecular weight is 794 g/mol. The Balaban J connectivity index is 0.000000179. The summed E-state index contributed by atoms with van der Waals surface area (Å²) in [5, 5.41) is 7.05. The molecule has 46 heavy (non-hydrogen) atoms. The van der Waals surface area contributed by atoms with E-state index in [4.69, 9.17) is 0 Å². The molecule has 0 bridgehead atoms. The number of aryl methyl sites for hydroxylation is 2. The molecule has 0 saturated heterocycles. The van der Waals surface area contributed by atoms with Crippen LogP contribution in [0.15, 0.2) is 140 Å². The maximum absolute atomic E-state index is 14.2. The van der Waals surface area contributed by atoms with Gasteiger partial charge in [0.05, 0.1) is 0 Å². The van der Waals surface area contributed by atoms with E-state index in [9.17, 15) is 4.57 Å². The van der Waals surface area contributed by atoms with Gasteiger partial charge in [-0.1, -0.05) is 130 Å². The Morgan fingerprint density at radius 1 is 0.674 bits per heavy atom. The summed E-state index contributed by atoms with van der Waals surface area (Å²) < 4.78 is 14.2. The van der Waals surface area contributed by atoms with Crippen molar-refractivity contribution in [1.82, 2.24) is 4.98 Å². The van der Waals surface area contributed by atoms with Crippen LogP contribution in [-0.2, 0) is 24.7 Å². The molecule has 0 unspecified atom stereocenters. The monoisotopic (exact) mass is 794 g/mol. The van der Waals surface area contributed by atoms with E-state index in [-0.39, 0.29) is 20.1 Å². The summed E-state index contributed by atoms with van der Waals surface area (Å²) in [7, 11) is -2.94. The molecule has 0 spiro atoms. The summed E-state index contributed by atoms with van der Waals surface area (Å²) in [5.74, 6) is 0.519. The van der Waals surface area contributed by atoms with Crippen LogP contribution in [0.2, 0.25) is 0 Å². The minimum Gasteiger partial charge on any atom is -0.311 e. The molecule has 0 aliphatic carbocycles. The SMILES string of the molecule is Cc1[c-]c(-c2nccc3ccc(C(C)C)cc23)cc(C)c1.O=P(c1[c-]cc2ccccc2c1)(c1ccccc1)c1ccccc1.[Ir]. The van der Waals surface area contributed by atoms with Crippen molar-refractivity contribution in [1.29, 1.82) is 0 Å². The van der Waals surface area contributed by atoms with Gasteiger partial charge >= 0.3 is 0 Å². The third-order valence-electron chi connectivity index (χ3n) is 8.10. The number of hydrogen-bond acceptors (Lipinski definition) is 2. The van der Waals surface area contributed by atoms with Crippen molar-refractivity contribution < 1.29 is 24.7 Å². The maximum atomic E-state index is 14.2. The zero-order valence-corrected chi connectivity index (χ0v) is 29.8. The quantitative estimate of drug-likeness (QED) is 0.128. The summed E-state index contributed by atoms with van der Waals surface area (Å²) in [6.45, 7) is 8.65. The van der Waals surface area contributed by atoms with Gasteiger partial charge in [0, 0.05) is 36.9 Å². The third kappa shape index (κ3) is 6.98. The van der Waals surface area contributed by atoms with Crippen molar-refractivity contribution in [2.75, 3.05) is 0 Å². The molecule has 0 saturated carbocycles. The van der Waals surface area contributed by atoms with Crippen LogP contribution in [-0.4, -0.2) is 4.98 Å². The molecule has 0 N–H and O–H groups in total. The van der Waals surface area contributed by atoms with Gasteiger partial charge in [-0.25, -0.2) is 0 Å². The smallest absolute Gasteiger partial charge is 0.147 e. The van der Waals surface area contributed by atoms with Crippen molar-refractivity contribution in [2.24, 2.45) is 0 Å². The van der Waals surface area contributed by atoms with Crippen molar-refractivity contribution in [3.63, 3.8) is 0 Å². The second kappa shape index (κ2) is 14.5. The van der Waals surface area contributed by atoms with E-state index in [2.05, 4.69) is 81.2 Å². The first-order valence-electron chi connectivity index (χ1n) is 15.3. The van der Waals surface area contributed by atoms with Crippen LogP contribution >= 0.6 is 7.14 Å². The van der Waals surface area contributed by atoms with E-state index in [1.807, 2.05) is 103 Å². The summed E-state index contributed by atoms with van der Waals surface area (Å²) in [5.41, 5.74) is 5.87. The molecule has 0 amide bonds. The van der Waals surface area contributed by atoms with Crippen LogP contribution in [0.4, 0.5) is 0 Å². The molecule has 1 aromatic heterocycles. The van der Waals surface area contributed by atoms with Crippen LogP contribution in [0.5, 0.6) is 0 Å². The van der Waals surface area contributed by atoms with Crippen LogP contribution < -0.4 is 15.9 Å².